The van der Waals surface area contributed by atoms with E-state index in [0.717, 1.165) is 11.3 Å². The molecule has 84 valence electrons. The minimum absolute atomic E-state index is 0.248. The van der Waals surface area contributed by atoms with E-state index in [4.69, 9.17) is 5.53 Å². The fraction of sp³-hybridized carbons (Fsp3) is 0.300. The molecule has 1 aromatic carbocycles. The number of azide groups is 1. The first-order valence-electron chi connectivity index (χ1n) is 4.85. The number of hydrogen-bond acceptors (Lipinski definition) is 2. The van der Waals surface area contributed by atoms with Crippen LogP contribution in [0.15, 0.2) is 29.4 Å². The van der Waals surface area contributed by atoms with E-state index in [1.54, 1.807) is 0 Å². The highest BCUT2D eigenvalue weighted by atomic mass is 16.2. The highest BCUT2D eigenvalue weighted by Crippen LogP contribution is 2.07. The number of benzene rings is 1. The van der Waals surface area contributed by atoms with Gasteiger partial charge >= 0.3 is 6.03 Å². The van der Waals surface area contributed by atoms with E-state index in [9.17, 15) is 4.79 Å². The van der Waals surface area contributed by atoms with Crippen LogP contribution in [-0.4, -0.2) is 19.1 Å². The Kier molecular flexibility index (Phi) is 4.69. The number of urea groups is 1. The van der Waals surface area contributed by atoms with Crippen LogP contribution in [0.1, 0.15) is 5.56 Å². The summed E-state index contributed by atoms with van der Waals surface area (Å²) < 4.78 is 0. The number of amides is 2. The van der Waals surface area contributed by atoms with Gasteiger partial charge in [-0.25, -0.2) is 4.79 Å². The molecule has 16 heavy (non-hydrogen) atoms. The van der Waals surface area contributed by atoms with Gasteiger partial charge in [0, 0.05) is 23.7 Å². The highest BCUT2D eigenvalue weighted by Gasteiger charge is 1.99. The molecule has 1 aromatic rings. The van der Waals surface area contributed by atoms with Gasteiger partial charge in [-0.2, -0.15) is 0 Å². The summed E-state index contributed by atoms with van der Waals surface area (Å²) in [5.41, 5.74) is 9.88. The number of rotatable bonds is 4. The second kappa shape index (κ2) is 6.31. The Morgan fingerprint density at radius 3 is 2.75 bits per heavy atom. The quantitative estimate of drug-likeness (QED) is 0.346. The predicted octanol–water partition coefficient (Wildman–Crippen LogP) is 2.43. The SMILES string of the molecule is Cc1ccc(NC(=O)NCCN=[N+]=[N-])cc1. The van der Waals surface area contributed by atoms with Gasteiger partial charge in [0.2, 0.25) is 0 Å². The van der Waals surface area contributed by atoms with Crippen molar-refractivity contribution >= 4 is 11.7 Å². The number of carbonyl (C=O) groups is 1. The molecule has 6 heteroatoms. The second-order valence-electron chi connectivity index (χ2n) is 3.20. The molecule has 0 bridgehead atoms. The van der Waals surface area contributed by atoms with Gasteiger partial charge in [-0.15, -0.1) is 0 Å². The van der Waals surface area contributed by atoms with E-state index in [1.165, 1.54) is 0 Å². The number of aryl methyl sites for hydroxylation is 1. The molecule has 0 saturated heterocycles. The van der Waals surface area contributed by atoms with E-state index < -0.39 is 0 Å². The van der Waals surface area contributed by atoms with Crippen molar-refractivity contribution in [2.24, 2.45) is 5.11 Å². The van der Waals surface area contributed by atoms with Crippen molar-refractivity contribution in [3.8, 4) is 0 Å². The van der Waals surface area contributed by atoms with Crippen molar-refractivity contribution in [3.05, 3.63) is 40.3 Å². The summed E-state index contributed by atoms with van der Waals surface area (Å²) in [5, 5.41) is 8.53. The topological polar surface area (TPSA) is 89.9 Å². The Morgan fingerprint density at radius 2 is 2.12 bits per heavy atom. The summed E-state index contributed by atoms with van der Waals surface area (Å²) in [6.45, 7) is 2.54. The average Bonchev–Trinajstić information content (AvgIpc) is 2.28. The first-order chi connectivity index (χ1) is 7.72. The minimum Gasteiger partial charge on any atom is -0.338 e. The highest BCUT2D eigenvalue weighted by molar-refractivity contribution is 5.89. The van der Waals surface area contributed by atoms with Crippen molar-refractivity contribution in [3.63, 3.8) is 0 Å². The lowest BCUT2D eigenvalue weighted by Crippen LogP contribution is -2.30. The van der Waals surface area contributed by atoms with Gasteiger partial charge in [0.1, 0.15) is 0 Å². The van der Waals surface area contributed by atoms with E-state index in [2.05, 4.69) is 20.7 Å². The number of nitrogens with one attached hydrogen (secondary N) is 2. The molecule has 0 spiro atoms. The van der Waals surface area contributed by atoms with Gasteiger partial charge in [0.25, 0.3) is 0 Å². The molecule has 0 aromatic heterocycles. The van der Waals surface area contributed by atoms with Gasteiger partial charge in [0.15, 0.2) is 0 Å². The summed E-state index contributed by atoms with van der Waals surface area (Å²) in [6, 6.07) is 7.16. The van der Waals surface area contributed by atoms with Crippen LogP contribution < -0.4 is 10.6 Å². The standard InChI is InChI=1S/C10H13N5O/c1-8-2-4-9(5-3-8)14-10(16)12-6-7-13-15-11/h2-5H,6-7H2,1H3,(H2,12,14,16). The smallest absolute Gasteiger partial charge is 0.319 e. The van der Waals surface area contributed by atoms with Crippen molar-refractivity contribution in [2.45, 2.75) is 6.92 Å². The molecule has 0 aliphatic carbocycles. The summed E-state index contributed by atoms with van der Waals surface area (Å²) in [6.07, 6.45) is 0. The van der Waals surface area contributed by atoms with Crippen molar-refractivity contribution in [1.82, 2.24) is 5.32 Å². The van der Waals surface area contributed by atoms with Crippen LogP contribution in [0.25, 0.3) is 10.4 Å². The maximum atomic E-state index is 11.3. The average molecular weight is 219 g/mol. The molecule has 6 nitrogen and oxygen atoms in total. The Labute approximate surface area is 93.3 Å². The summed E-state index contributed by atoms with van der Waals surface area (Å²) in [7, 11) is 0. The fourth-order valence-corrected chi connectivity index (χ4v) is 1.08. The minimum atomic E-state index is -0.308. The van der Waals surface area contributed by atoms with E-state index in [0.29, 0.717) is 6.54 Å². The molecule has 0 aliphatic heterocycles. The van der Waals surface area contributed by atoms with Crippen LogP contribution in [0.4, 0.5) is 10.5 Å². The lowest BCUT2D eigenvalue weighted by atomic mass is 10.2. The molecule has 0 aliphatic rings. The number of hydrogen-bond donors (Lipinski definition) is 2. The number of carbonyl (C=O) groups excluding carboxylic acids is 1. The van der Waals surface area contributed by atoms with Gasteiger partial charge in [-0.1, -0.05) is 22.8 Å². The van der Waals surface area contributed by atoms with E-state index in [-0.39, 0.29) is 12.6 Å². The lowest BCUT2D eigenvalue weighted by Gasteiger charge is -2.06. The molecule has 1 rings (SSSR count). The Hall–Kier alpha value is -2.20. The van der Waals surface area contributed by atoms with Crippen LogP contribution in [0.2, 0.25) is 0 Å². The fourth-order valence-electron chi connectivity index (χ4n) is 1.08. The maximum absolute atomic E-state index is 11.3. The van der Waals surface area contributed by atoms with Crippen LogP contribution in [0.5, 0.6) is 0 Å². The lowest BCUT2D eigenvalue weighted by molar-refractivity contribution is 0.252. The molecule has 0 atom stereocenters. The van der Waals surface area contributed by atoms with Crippen LogP contribution in [0.3, 0.4) is 0 Å². The molecule has 0 radical (unpaired) electrons. The van der Waals surface area contributed by atoms with Crippen LogP contribution >= 0.6 is 0 Å². The molecule has 0 heterocycles. The molecule has 0 saturated carbocycles. The zero-order valence-electron chi connectivity index (χ0n) is 8.97. The Balaban J connectivity index is 2.34. The molecular formula is C10H13N5O. The molecule has 0 fully saturated rings. The first-order valence-corrected chi connectivity index (χ1v) is 4.85. The summed E-state index contributed by atoms with van der Waals surface area (Å²) in [5.74, 6) is 0. The largest absolute Gasteiger partial charge is 0.338 e. The molecule has 2 amide bonds. The second-order valence-corrected chi connectivity index (χ2v) is 3.20. The monoisotopic (exact) mass is 219 g/mol. The van der Waals surface area contributed by atoms with E-state index >= 15 is 0 Å². The van der Waals surface area contributed by atoms with Gasteiger partial charge in [-0.05, 0) is 24.6 Å². The number of nitrogens with zero attached hydrogens (tertiary/aromatic N) is 3. The maximum Gasteiger partial charge on any atom is 0.319 e. The first kappa shape index (κ1) is 11.9. The molecule has 0 unspecified atom stereocenters. The van der Waals surface area contributed by atoms with Crippen molar-refractivity contribution in [2.75, 3.05) is 18.4 Å². The van der Waals surface area contributed by atoms with Gasteiger partial charge in [-0.3, -0.25) is 0 Å². The third-order valence-corrected chi connectivity index (χ3v) is 1.87. The summed E-state index contributed by atoms with van der Waals surface area (Å²) >= 11 is 0. The predicted molar refractivity (Wildman–Crippen MR) is 62.2 cm³/mol. The van der Waals surface area contributed by atoms with Crippen LogP contribution in [0, 0.1) is 6.92 Å². The number of anilines is 1. The van der Waals surface area contributed by atoms with Gasteiger partial charge in [0.05, 0.1) is 0 Å². The molecule has 2 N–H and O–H groups in total. The Bertz CT molecular complexity index is 394. The van der Waals surface area contributed by atoms with E-state index in [1.807, 2.05) is 31.2 Å². The zero-order chi connectivity index (χ0) is 11.8. The van der Waals surface area contributed by atoms with Crippen molar-refractivity contribution < 1.29 is 4.79 Å². The summed E-state index contributed by atoms with van der Waals surface area (Å²) in [4.78, 5) is 13.9. The van der Waals surface area contributed by atoms with Crippen molar-refractivity contribution in [1.29, 1.82) is 0 Å². The third-order valence-electron chi connectivity index (χ3n) is 1.87. The normalized spacial score (nSPS) is 9.06. The molecular weight excluding hydrogens is 206 g/mol. The zero-order valence-corrected chi connectivity index (χ0v) is 8.97. The van der Waals surface area contributed by atoms with Crippen LogP contribution in [-0.2, 0) is 0 Å². The third kappa shape index (κ3) is 4.34. The van der Waals surface area contributed by atoms with Gasteiger partial charge < -0.3 is 10.6 Å². The Morgan fingerprint density at radius 1 is 1.44 bits per heavy atom.